The first-order valence-electron chi connectivity index (χ1n) is 9.17. The smallest absolute Gasteiger partial charge is 0.165 e. The van der Waals surface area contributed by atoms with Gasteiger partial charge in [0.15, 0.2) is 5.65 Å². The summed E-state index contributed by atoms with van der Waals surface area (Å²) < 4.78 is 7.68. The Morgan fingerprint density at radius 3 is 2.92 bits per heavy atom. The number of anilines is 1. The molecule has 0 unspecified atom stereocenters. The third-order valence-corrected chi connectivity index (χ3v) is 4.91. The number of allylic oxidation sites excluding steroid dienone is 1. The van der Waals surface area contributed by atoms with Gasteiger partial charge in [-0.25, -0.2) is 4.98 Å². The van der Waals surface area contributed by atoms with E-state index in [1.807, 2.05) is 35.0 Å². The summed E-state index contributed by atoms with van der Waals surface area (Å²) in [5, 5.41) is 8.22. The van der Waals surface area contributed by atoms with Crippen LogP contribution in [0, 0.1) is 6.92 Å². The molecule has 0 amide bonds. The SMILES string of the molecule is C=CCc1c(C)nc2c(-c3ccccc3)cnn2c1NC[C@@H]1CCCO1. The first-order chi connectivity index (χ1) is 12.8. The van der Waals surface area contributed by atoms with Crippen molar-refractivity contribution in [3.05, 3.63) is 60.4 Å². The molecule has 1 N–H and O–H groups in total. The van der Waals surface area contributed by atoms with E-state index in [-0.39, 0.29) is 6.10 Å². The minimum atomic E-state index is 0.263. The fourth-order valence-electron chi connectivity index (χ4n) is 3.55. The molecular formula is C21H24N4O. The van der Waals surface area contributed by atoms with Gasteiger partial charge in [-0.05, 0) is 31.7 Å². The van der Waals surface area contributed by atoms with Crippen LogP contribution in [0.1, 0.15) is 24.1 Å². The number of aromatic nitrogens is 3. The third-order valence-electron chi connectivity index (χ3n) is 4.91. The van der Waals surface area contributed by atoms with Crippen LogP contribution in [0.25, 0.3) is 16.8 Å². The molecule has 1 atom stereocenters. The highest BCUT2D eigenvalue weighted by molar-refractivity contribution is 5.78. The van der Waals surface area contributed by atoms with Gasteiger partial charge in [-0.15, -0.1) is 6.58 Å². The number of aryl methyl sites for hydroxylation is 1. The second-order valence-corrected chi connectivity index (χ2v) is 6.69. The van der Waals surface area contributed by atoms with E-state index in [1.165, 1.54) is 0 Å². The van der Waals surface area contributed by atoms with Crippen molar-refractivity contribution in [2.24, 2.45) is 0 Å². The zero-order chi connectivity index (χ0) is 17.9. The van der Waals surface area contributed by atoms with Gasteiger partial charge in [0.05, 0.1) is 12.3 Å². The lowest BCUT2D eigenvalue weighted by Crippen LogP contribution is -2.21. The summed E-state index contributed by atoms with van der Waals surface area (Å²) in [5.74, 6) is 0.991. The number of benzene rings is 1. The molecule has 1 aromatic carbocycles. The predicted molar refractivity (Wildman–Crippen MR) is 105 cm³/mol. The lowest BCUT2D eigenvalue weighted by Gasteiger charge is -2.17. The van der Waals surface area contributed by atoms with Crippen LogP contribution in [-0.2, 0) is 11.2 Å². The van der Waals surface area contributed by atoms with Crippen LogP contribution in [0.15, 0.2) is 49.2 Å². The third kappa shape index (κ3) is 3.10. The van der Waals surface area contributed by atoms with Crippen LogP contribution in [0.3, 0.4) is 0 Å². The van der Waals surface area contributed by atoms with Crippen molar-refractivity contribution in [1.82, 2.24) is 14.6 Å². The molecule has 0 saturated carbocycles. The van der Waals surface area contributed by atoms with Crippen LogP contribution in [0.5, 0.6) is 0 Å². The molecule has 26 heavy (non-hydrogen) atoms. The number of fused-ring (bicyclic) bond motifs is 1. The van der Waals surface area contributed by atoms with Crippen molar-refractivity contribution in [2.75, 3.05) is 18.5 Å². The largest absolute Gasteiger partial charge is 0.376 e. The second kappa shape index (κ2) is 7.30. The number of rotatable bonds is 6. The van der Waals surface area contributed by atoms with E-state index in [4.69, 9.17) is 9.72 Å². The Morgan fingerprint density at radius 2 is 2.19 bits per heavy atom. The maximum Gasteiger partial charge on any atom is 0.165 e. The molecule has 5 heteroatoms. The summed E-state index contributed by atoms with van der Waals surface area (Å²) in [6.07, 6.45) is 7.06. The predicted octanol–water partition coefficient (Wildman–Crippen LogP) is 4.02. The highest BCUT2D eigenvalue weighted by Gasteiger charge is 2.19. The van der Waals surface area contributed by atoms with Gasteiger partial charge in [0.1, 0.15) is 5.82 Å². The van der Waals surface area contributed by atoms with Gasteiger partial charge >= 0.3 is 0 Å². The van der Waals surface area contributed by atoms with E-state index in [2.05, 4.69) is 36.1 Å². The van der Waals surface area contributed by atoms with Crippen LogP contribution in [-0.4, -0.2) is 33.9 Å². The average Bonchev–Trinajstić information content (AvgIpc) is 3.32. The Kier molecular flexibility index (Phi) is 4.71. The van der Waals surface area contributed by atoms with Gasteiger partial charge in [0.25, 0.3) is 0 Å². The minimum absolute atomic E-state index is 0.263. The molecule has 1 saturated heterocycles. The molecular weight excluding hydrogens is 324 g/mol. The molecule has 5 nitrogen and oxygen atoms in total. The molecule has 3 aromatic rings. The average molecular weight is 348 g/mol. The number of ether oxygens (including phenoxy) is 1. The standard InChI is InChI=1S/C21H24N4O/c1-3-8-18-15(2)24-21-19(16-9-5-4-6-10-16)14-23-25(21)20(18)22-13-17-11-7-12-26-17/h3-6,9-10,14,17,22H,1,7-8,11-13H2,2H3/t17-/m0/s1. The Balaban J connectivity index is 1.79. The molecule has 1 aliphatic heterocycles. The molecule has 0 radical (unpaired) electrons. The van der Waals surface area contributed by atoms with Crippen LogP contribution in [0.4, 0.5) is 5.82 Å². The van der Waals surface area contributed by atoms with Crippen LogP contribution >= 0.6 is 0 Å². The Hall–Kier alpha value is -2.66. The maximum atomic E-state index is 5.76. The Morgan fingerprint density at radius 1 is 1.35 bits per heavy atom. The van der Waals surface area contributed by atoms with E-state index in [1.54, 1.807) is 0 Å². The lowest BCUT2D eigenvalue weighted by molar-refractivity contribution is 0.120. The topological polar surface area (TPSA) is 51.5 Å². The van der Waals surface area contributed by atoms with Gasteiger partial charge in [-0.2, -0.15) is 9.61 Å². The first-order valence-corrected chi connectivity index (χ1v) is 9.17. The van der Waals surface area contributed by atoms with E-state index in [9.17, 15) is 0 Å². The summed E-state index contributed by atoms with van der Waals surface area (Å²) >= 11 is 0. The van der Waals surface area contributed by atoms with Gasteiger partial charge in [-0.3, -0.25) is 0 Å². The lowest BCUT2D eigenvalue weighted by atomic mass is 10.1. The minimum Gasteiger partial charge on any atom is -0.376 e. The van der Waals surface area contributed by atoms with Crippen LogP contribution < -0.4 is 5.32 Å². The van der Waals surface area contributed by atoms with Gasteiger partial charge in [0.2, 0.25) is 0 Å². The number of hydrogen-bond acceptors (Lipinski definition) is 4. The molecule has 3 heterocycles. The zero-order valence-corrected chi connectivity index (χ0v) is 15.1. The van der Waals surface area contributed by atoms with Crippen molar-refractivity contribution < 1.29 is 4.74 Å². The molecule has 1 aliphatic rings. The molecule has 4 rings (SSSR count). The second-order valence-electron chi connectivity index (χ2n) is 6.69. The van der Waals surface area contributed by atoms with Gasteiger partial charge in [-0.1, -0.05) is 36.4 Å². The number of hydrogen-bond donors (Lipinski definition) is 1. The molecule has 0 aliphatic carbocycles. The van der Waals surface area contributed by atoms with Crippen molar-refractivity contribution >= 4 is 11.5 Å². The zero-order valence-electron chi connectivity index (χ0n) is 15.1. The van der Waals surface area contributed by atoms with Crippen molar-refractivity contribution in [3.63, 3.8) is 0 Å². The number of nitrogens with one attached hydrogen (secondary N) is 1. The Bertz CT molecular complexity index is 911. The highest BCUT2D eigenvalue weighted by Crippen LogP contribution is 2.28. The molecule has 2 aromatic heterocycles. The van der Waals surface area contributed by atoms with E-state index in [0.29, 0.717) is 0 Å². The van der Waals surface area contributed by atoms with E-state index >= 15 is 0 Å². The van der Waals surface area contributed by atoms with E-state index in [0.717, 1.165) is 66.3 Å². The van der Waals surface area contributed by atoms with E-state index < -0.39 is 0 Å². The highest BCUT2D eigenvalue weighted by atomic mass is 16.5. The molecule has 0 bridgehead atoms. The normalized spacial score (nSPS) is 16.9. The first kappa shape index (κ1) is 16.8. The van der Waals surface area contributed by atoms with Crippen LogP contribution in [0.2, 0.25) is 0 Å². The quantitative estimate of drug-likeness (QED) is 0.684. The van der Waals surface area contributed by atoms with Gasteiger partial charge in [0, 0.05) is 30.0 Å². The Labute approximate surface area is 153 Å². The fraction of sp³-hybridized carbons (Fsp3) is 0.333. The summed E-state index contributed by atoms with van der Waals surface area (Å²) in [6, 6.07) is 10.3. The van der Waals surface area contributed by atoms with Gasteiger partial charge < -0.3 is 10.1 Å². The summed E-state index contributed by atoms with van der Waals surface area (Å²) in [7, 11) is 0. The molecule has 134 valence electrons. The maximum absolute atomic E-state index is 5.76. The van der Waals surface area contributed by atoms with Crippen molar-refractivity contribution in [2.45, 2.75) is 32.3 Å². The summed E-state index contributed by atoms with van der Waals surface area (Å²) in [6.45, 7) is 7.59. The fourth-order valence-corrected chi connectivity index (χ4v) is 3.55. The molecule has 0 spiro atoms. The van der Waals surface area contributed by atoms with Crippen molar-refractivity contribution in [3.8, 4) is 11.1 Å². The monoisotopic (exact) mass is 348 g/mol. The molecule has 1 fully saturated rings. The summed E-state index contributed by atoms with van der Waals surface area (Å²) in [5.41, 5.74) is 5.17. The van der Waals surface area contributed by atoms with Crippen molar-refractivity contribution in [1.29, 1.82) is 0 Å². The summed E-state index contributed by atoms with van der Waals surface area (Å²) in [4.78, 5) is 4.85. The number of nitrogens with zero attached hydrogens (tertiary/aromatic N) is 3.